The van der Waals surface area contributed by atoms with Gasteiger partial charge in [0, 0.05) is 17.9 Å². The molecule has 0 spiro atoms. The normalized spacial score (nSPS) is 32.5. The summed E-state index contributed by atoms with van der Waals surface area (Å²) in [4.78, 5) is 0. The molecule has 3 rings (SSSR count). The van der Waals surface area contributed by atoms with Gasteiger partial charge in [0.05, 0.1) is 5.57 Å². The predicted octanol–water partition coefficient (Wildman–Crippen LogP) is 1.07. The number of halogens is 1. The molecule has 2 heterocycles. The van der Waals surface area contributed by atoms with E-state index in [1.807, 2.05) is 6.92 Å². The second-order valence-electron chi connectivity index (χ2n) is 5.11. The van der Waals surface area contributed by atoms with E-state index in [-0.39, 0.29) is 35.8 Å². The van der Waals surface area contributed by atoms with Crippen LogP contribution in [0.25, 0.3) is 0 Å². The third kappa shape index (κ3) is 1.92. The van der Waals surface area contributed by atoms with Gasteiger partial charge in [-0.25, -0.2) is 9.82 Å². The minimum Gasteiger partial charge on any atom is -0.458 e. The first kappa shape index (κ1) is 12.9. The first-order chi connectivity index (χ1) is 9.61. The lowest BCUT2D eigenvalue weighted by atomic mass is 9.76. The molecule has 1 fully saturated rings. The third-order valence-electron chi connectivity index (χ3n) is 3.95. The van der Waals surface area contributed by atoms with E-state index in [9.17, 15) is 9.65 Å². The lowest BCUT2D eigenvalue weighted by molar-refractivity contribution is 0.0351. The summed E-state index contributed by atoms with van der Waals surface area (Å²) >= 11 is 0. The van der Waals surface area contributed by atoms with Gasteiger partial charge < -0.3 is 10.5 Å². The molecule has 1 saturated heterocycles. The fourth-order valence-electron chi connectivity index (χ4n) is 2.97. The van der Waals surface area contributed by atoms with Crippen LogP contribution in [0.4, 0.5) is 4.39 Å². The van der Waals surface area contributed by atoms with Crippen LogP contribution in [0.3, 0.4) is 0 Å². The second kappa shape index (κ2) is 4.78. The van der Waals surface area contributed by atoms with Crippen LogP contribution >= 0.6 is 0 Å². The number of ether oxygens (including phenoxy) is 1. The zero-order valence-electron chi connectivity index (χ0n) is 10.9. The molecule has 20 heavy (non-hydrogen) atoms. The van der Waals surface area contributed by atoms with E-state index in [1.54, 1.807) is 12.1 Å². The highest BCUT2D eigenvalue weighted by Gasteiger charge is 2.46. The summed E-state index contributed by atoms with van der Waals surface area (Å²) in [5.74, 6) is -0.366. The van der Waals surface area contributed by atoms with Crippen LogP contribution in [0, 0.1) is 23.1 Å². The fraction of sp³-hybridized carbons (Fsp3) is 0.357. The standard InChI is InChI=1S/C14H15FN4O/c1-7-11-12(8-2-4-9(15)5-3-8)10(6-16)13(17)20-14(11)19-18-7/h2-5,7,11-12,14,18-19H,17H2,1H3. The third-order valence-corrected chi connectivity index (χ3v) is 3.95. The van der Waals surface area contributed by atoms with Gasteiger partial charge in [-0.3, -0.25) is 5.43 Å². The molecule has 4 unspecified atom stereocenters. The van der Waals surface area contributed by atoms with E-state index < -0.39 is 0 Å². The van der Waals surface area contributed by atoms with Crippen molar-refractivity contribution in [3.8, 4) is 6.07 Å². The van der Waals surface area contributed by atoms with Crippen LogP contribution in [0.15, 0.2) is 35.7 Å². The van der Waals surface area contributed by atoms with Gasteiger partial charge in [0.15, 0.2) is 6.23 Å². The molecule has 0 amide bonds. The minimum absolute atomic E-state index is 0.0161. The molecular weight excluding hydrogens is 259 g/mol. The molecule has 1 aromatic carbocycles. The molecule has 0 saturated carbocycles. The number of hydrazine groups is 1. The van der Waals surface area contributed by atoms with E-state index in [1.165, 1.54) is 12.1 Å². The number of hydrogen-bond donors (Lipinski definition) is 3. The molecular formula is C14H15FN4O. The quantitative estimate of drug-likeness (QED) is 0.713. The average Bonchev–Trinajstić information content (AvgIpc) is 2.79. The number of fused-ring (bicyclic) bond motifs is 1. The molecule has 104 valence electrons. The van der Waals surface area contributed by atoms with Crippen molar-refractivity contribution in [2.45, 2.75) is 25.1 Å². The number of nitriles is 1. The van der Waals surface area contributed by atoms with Gasteiger partial charge in [0.1, 0.15) is 11.9 Å². The molecule has 4 atom stereocenters. The molecule has 5 nitrogen and oxygen atoms in total. The zero-order valence-corrected chi connectivity index (χ0v) is 10.9. The second-order valence-corrected chi connectivity index (χ2v) is 5.11. The summed E-state index contributed by atoms with van der Waals surface area (Å²) in [5.41, 5.74) is 13.2. The Morgan fingerprint density at radius 3 is 2.65 bits per heavy atom. The Bertz CT molecular complexity index is 592. The van der Waals surface area contributed by atoms with Gasteiger partial charge in [0.2, 0.25) is 5.88 Å². The Morgan fingerprint density at radius 2 is 2.00 bits per heavy atom. The van der Waals surface area contributed by atoms with E-state index in [2.05, 4.69) is 16.9 Å². The van der Waals surface area contributed by atoms with Gasteiger partial charge in [-0.2, -0.15) is 5.26 Å². The SMILES string of the molecule is CC1NNC2OC(N)=C(C#N)C(c3ccc(F)cc3)C12. The highest BCUT2D eigenvalue weighted by Crippen LogP contribution is 2.42. The molecule has 6 heteroatoms. The van der Waals surface area contributed by atoms with Crippen LogP contribution in [-0.4, -0.2) is 12.3 Å². The van der Waals surface area contributed by atoms with E-state index in [0.29, 0.717) is 5.57 Å². The van der Waals surface area contributed by atoms with Crippen molar-refractivity contribution in [1.82, 2.24) is 10.9 Å². The van der Waals surface area contributed by atoms with Crippen molar-refractivity contribution in [2.75, 3.05) is 0 Å². The van der Waals surface area contributed by atoms with Crippen LogP contribution < -0.4 is 16.6 Å². The average molecular weight is 274 g/mol. The molecule has 0 aliphatic carbocycles. The van der Waals surface area contributed by atoms with Crippen LogP contribution in [0.1, 0.15) is 18.4 Å². The monoisotopic (exact) mass is 274 g/mol. The van der Waals surface area contributed by atoms with E-state index in [4.69, 9.17) is 10.5 Å². The minimum atomic E-state index is -0.302. The summed E-state index contributed by atoms with van der Waals surface area (Å²) in [6.07, 6.45) is -0.294. The van der Waals surface area contributed by atoms with Crippen molar-refractivity contribution in [3.05, 3.63) is 47.1 Å². The van der Waals surface area contributed by atoms with Crippen molar-refractivity contribution < 1.29 is 9.13 Å². The topological polar surface area (TPSA) is 83.1 Å². The molecule has 0 bridgehead atoms. The highest BCUT2D eigenvalue weighted by molar-refractivity contribution is 5.41. The number of benzene rings is 1. The Kier molecular flexibility index (Phi) is 3.08. The van der Waals surface area contributed by atoms with Crippen molar-refractivity contribution in [1.29, 1.82) is 5.26 Å². The fourth-order valence-corrected chi connectivity index (χ4v) is 2.97. The Balaban J connectivity index is 2.09. The maximum Gasteiger partial charge on any atom is 0.200 e. The largest absolute Gasteiger partial charge is 0.458 e. The number of nitrogens with one attached hydrogen (secondary N) is 2. The van der Waals surface area contributed by atoms with E-state index in [0.717, 1.165) is 5.56 Å². The molecule has 1 aromatic rings. The van der Waals surface area contributed by atoms with Crippen LogP contribution in [-0.2, 0) is 4.74 Å². The lowest BCUT2D eigenvalue weighted by Crippen LogP contribution is -2.41. The summed E-state index contributed by atoms with van der Waals surface area (Å²) in [7, 11) is 0. The molecule has 0 radical (unpaired) electrons. The number of allylic oxidation sites excluding steroid dienone is 1. The zero-order chi connectivity index (χ0) is 14.3. The highest BCUT2D eigenvalue weighted by atomic mass is 19.1. The maximum absolute atomic E-state index is 13.1. The van der Waals surface area contributed by atoms with E-state index >= 15 is 0 Å². The van der Waals surface area contributed by atoms with Crippen LogP contribution in [0.5, 0.6) is 0 Å². The Labute approximate surface area is 116 Å². The summed E-state index contributed by atoms with van der Waals surface area (Å²) < 4.78 is 18.7. The van der Waals surface area contributed by atoms with Gasteiger partial charge in [0.25, 0.3) is 0 Å². The molecule has 4 N–H and O–H groups in total. The smallest absolute Gasteiger partial charge is 0.200 e. The number of nitrogens with zero attached hydrogens (tertiary/aromatic N) is 1. The number of hydrogen-bond acceptors (Lipinski definition) is 5. The first-order valence-corrected chi connectivity index (χ1v) is 6.44. The van der Waals surface area contributed by atoms with Crippen molar-refractivity contribution >= 4 is 0 Å². The molecule has 2 aliphatic rings. The molecule has 0 aromatic heterocycles. The summed E-state index contributed by atoms with van der Waals surface area (Å²) in [5, 5.41) is 9.37. The molecule has 2 aliphatic heterocycles. The van der Waals surface area contributed by atoms with Crippen molar-refractivity contribution in [3.63, 3.8) is 0 Å². The van der Waals surface area contributed by atoms with Gasteiger partial charge >= 0.3 is 0 Å². The lowest BCUT2D eigenvalue weighted by Gasteiger charge is -2.35. The van der Waals surface area contributed by atoms with Gasteiger partial charge in [-0.1, -0.05) is 12.1 Å². The summed E-state index contributed by atoms with van der Waals surface area (Å²) in [6.45, 7) is 2.01. The van der Waals surface area contributed by atoms with Gasteiger partial charge in [-0.05, 0) is 24.6 Å². The maximum atomic E-state index is 13.1. The number of rotatable bonds is 1. The van der Waals surface area contributed by atoms with Crippen molar-refractivity contribution in [2.24, 2.45) is 11.7 Å². The van der Waals surface area contributed by atoms with Crippen LogP contribution in [0.2, 0.25) is 0 Å². The Hall–Kier alpha value is -2.10. The first-order valence-electron chi connectivity index (χ1n) is 6.44. The predicted molar refractivity (Wildman–Crippen MR) is 70.1 cm³/mol. The van der Waals surface area contributed by atoms with Gasteiger partial charge in [-0.15, -0.1) is 0 Å². The summed E-state index contributed by atoms with van der Waals surface area (Å²) in [6, 6.07) is 8.41. The number of nitrogens with two attached hydrogens (primary N) is 1. The Morgan fingerprint density at radius 1 is 1.30 bits per heavy atom.